The van der Waals surface area contributed by atoms with Gasteiger partial charge >= 0.3 is 0 Å². The zero-order valence-corrected chi connectivity index (χ0v) is 9.45. The second-order valence-electron chi connectivity index (χ2n) is 3.98. The van der Waals surface area contributed by atoms with Gasteiger partial charge in [0.15, 0.2) is 0 Å². The van der Waals surface area contributed by atoms with Crippen molar-refractivity contribution in [3.05, 3.63) is 54.2 Å². The van der Waals surface area contributed by atoms with Crippen LogP contribution in [0.3, 0.4) is 0 Å². The van der Waals surface area contributed by atoms with E-state index in [1.54, 1.807) is 47.3 Å². The molecule has 18 heavy (non-hydrogen) atoms. The van der Waals surface area contributed by atoms with Crippen LogP contribution >= 0.6 is 0 Å². The third-order valence-corrected chi connectivity index (χ3v) is 2.84. The van der Waals surface area contributed by atoms with E-state index in [1.165, 1.54) is 0 Å². The van der Waals surface area contributed by atoms with E-state index in [4.69, 9.17) is 0 Å². The Balaban J connectivity index is 2.21. The number of fused-ring (bicyclic) bond motifs is 1. The first kappa shape index (κ1) is 10.5. The fourth-order valence-corrected chi connectivity index (χ4v) is 1.95. The number of carbonyl (C=O) groups is 1. The van der Waals surface area contributed by atoms with Crippen molar-refractivity contribution in [2.24, 2.45) is 0 Å². The van der Waals surface area contributed by atoms with Gasteiger partial charge in [0, 0.05) is 10.9 Å². The lowest BCUT2D eigenvalue weighted by atomic mass is 10.2. The Bertz CT molecular complexity index is 714. The van der Waals surface area contributed by atoms with E-state index in [1.807, 2.05) is 6.07 Å². The Morgan fingerprint density at radius 1 is 1.11 bits per heavy atom. The summed E-state index contributed by atoms with van der Waals surface area (Å²) in [5.41, 5.74) is 2.08. The molecule has 0 radical (unpaired) electrons. The molecule has 0 saturated carbocycles. The normalized spacial score (nSPS) is 10.7. The smallest absolute Gasteiger partial charge is 0.150 e. The van der Waals surface area contributed by atoms with Crippen molar-refractivity contribution in [2.75, 3.05) is 0 Å². The summed E-state index contributed by atoms with van der Waals surface area (Å²) >= 11 is 0. The number of aromatic hydroxyl groups is 1. The van der Waals surface area contributed by atoms with Crippen LogP contribution in [0.4, 0.5) is 0 Å². The molecule has 3 aromatic rings. The van der Waals surface area contributed by atoms with Gasteiger partial charge in [-0.3, -0.25) is 4.79 Å². The molecule has 4 nitrogen and oxygen atoms in total. The van der Waals surface area contributed by atoms with Gasteiger partial charge in [0.2, 0.25) is 0 Å². The van der Waals surface area contributed by atoms with E-state index in [2.05, 4.69) is 5.10 Å². The number of aldehydes is 1. The molecule has 0 unspecified atom stereocenters. The Kier molecular flexibility index (Phi) is 2.34. The van der Waals surface area contributed by atoms with Gasteiger partial charge in [-0.2, -0.15) is 5.10 Å². The van der Waals surface area contributed by atoms with E-state index >= 15 is 0 Å². The Hall–Kier alpha value is -2.62. The highest BCUT2D eigenvalue weighted by Crippen LogP contribution is 2.26. The summed E-state index contributed by atoms with van der Waals surface area (Å²) in [7, 11) is 0. The first-order valence-corrected chi connectivity index (χ1v) is 5.51. The van der Waals surface area contributed by atoms with Gasteiger partial charge in [-0.15, -0.1) is 0 Å². The molecular formula is C14H10N2O2. The van der Waals surface area contributed by atoms with Crippen LogP contribution in [-0.2, 0) is 0 Å². The molecule has 0 aliphatic rings. The maximum absolute atomic E-state index is 10.6. The standard InChI is InChI=1S/C14H10N2O2/c17-9-10-4-6-12(7-5-10)16-14-11(8-15-16)2-1-3-13(14)18/h1-9,18H. The van der Waals surface area contributed by atoms with Crippen molar-refractivity contribution in [3.63, 3.8) is 0 Å². The zero-order valence-electron chi connectivity index (χ0n) is 9.45. The number of hydrogen-bond donors (Lipinski definition) is 1. The van der Waals surface area contributed by atoms with Crippen LogP contribution in [0.2, 0.25) is 0 Å². The average Bonchev–Trinajstić information content (AvgIpc) is 2.84. The number of benzene rings is 2. The topological polar surface area (TPSA) is 55.1 Å². The van der Waals surface area contributed by atoms with Crippen LogP contribution in [0, 0.1) is 0 Å². The van der Waals surface area contributed by atoms with Crippen molar-refractivity contribution in [2.45, 2.75) is 0 Å². The van der Waals surface area contributed by atoms with Crippen molar-refractivity contribution in [1.29, 1.82) is 0 Å². The lowest BCUT2D eigenvalue weighted by molar-refractivity contribution is 0.112. The van der Waals surface area contributed by atoms with Crippen LogP contribution in [-0.4, -0.2) is 21.2 Å². The largest absolute Gasteiger partial charge is 0.506 e. The fourth-order valence-electron chi connectivity index (χ4n) is 1.95. The minimum atomic E-state index is 0.185. The van der Waals surface area contributed by atoms with E-state index in [0.29, 0.717) is 11.1 Å². The predicted octanol–water partition coefficient (Wildman–Crippen LogP) is 2.54. The molecule has 0 saturated heterocycles. The highest BCUT2D eigenvalue weighted by Gasteiger charge is 2.08. The molecule has 88 valence electrons. The van der Waals surface area contributed by atoms with Gasteiger partial charge in [-0.25, -0.2) is 4.68 Å². The van der Waals surface area contributed by atoms with Gasteiger partial charge < -0.3 is 5.11 Å². The molecule has 0 aliphatic carbocycles. The second kappa shape index (κ2) is 4.00. The fraction of sp³-hybridized carbons (Fsp3) is 0. The molecule has 3 rings (SSSR count). The Morgan fingerprint density at radius 2 is 1.89 bits per heavy atom. The Morgan fingerprint density at radius 3 is 2.61 bits per heavy atom. The average molecular weight is 238 g/mol. The molecular weight excluding hydrogens is 228 g/mol. The molecule has 1 heterocycles. The first-order chi connectivity index (χ1) is 8.79. The third kappa shape index (κ3) is 1.55. The molecule has 0 aliphatic heterocycles. The highest BCUT2D eigenvalue weighted by molar-refractivity contribution is 5.86. The summed E-state index contributed by atoms with van der Waals surface area (Å²) < 4.78 is 1.65. The van der Waals surface area contributed by atoms with Crippen LogP contribution in [0.25, 0.3) is 16.6 Å². The Labute approximate surface area is 103 Å². The molecule has 0 fully saturated rings. The van der Waals surface area contributed by atoms with Crippen LogP contribution in [0.5, 0.6) is 5.75 Å². The maximum Gasteiger partial charge on any atom is 0.150 e. The molecule has 0 atom stereocenters. The molecule has 1 aromatic heterocycles. The number of carbonyl (C=O) groups excluding carboxylic acids is 1. The number of rotatable bonds is 2. The minimum Gasteiger partial charge on any atom is -0.506 e. The maximum atomic E-state index is 10.6. The molecule has 4 heteroatoms. The number of phenols is 1. The predicted molar refractivity (Wildman–Crippen MR) is 68.1 cm³/mol. The second-order valence-corrected chi connectivity index (χ2v) is 3.98. The van der Waals surface area contributed by atoms with Gasteiger partial charge in [0.25, 0.3) is 0 Å². The van der Waals surface area contributed by atoms with Crippen LogP contribution in [0.15, 0.2) is 48.7 Å². The summed E-state index contributed by atoms with van der Waals surface area (Å²) in [4.78, 5) is 10.6. The van der Waals surface area contributed by atoms with Crippen molar-refractivity contribution in [1.82, 2.24) is 9.78 Å². The van der Waals surface area contributed by atoms with Crippen LogP contribution in [0.1, 0.15) is 10.4 Å². The number of hydrogen-bond acceptors (Lipinski definition) is 3. The molecule has 2 aromatic carbocycles. The lowest BCUT2D eigenvalue weighted by Crippen LogP contribution is -1.96. The lowest BCUT2D eigenvalue weighted by Gasteiger charge is -2.04. The minimum absolute atomic E-state index is 0.185. The van der Waals surface area contributed by atoms with Crippen molar-refractivity contribution >= 4 is 17.2 Å². The van der Waals surface area contributed by atoms with Gasteiger partial charge in [-0.1, -0.05) is 12.1 Å². The SMILES string of the molecule is O=Cc1ccc(-n2ncc3cccc(O)c32)cc1. The highest BCUT2D eigenvalue weighted by atomic mass is 16.3. The van der Waals surface area contributed by atoms with Crippen LogP contribution < -0.4 is 0 Å². The molecule has 0 amide bonds. The van der Waals surface area contributed by atoms with Gasteiger partial charge in [-0.05, 0) is 30.3 Å². The monoisotopic (exact) mass is 238 g/mol. The van der Waals surface area contributed by atoms with Crippen molar-refractivity contribution < 1.29 is 9.90 Å². The van der Waals surface area contributed by atoms with E-state index in [9.17, 15) is 9.90 Å². The first-order valence-electron chi connectivity index (χ1n) is 5.51. The van der Waals surface area contributed by atoms with Gasteiger partial charge in [0.1, 0.15) is 17.6 Å². The van der Waals surface area contributed by atoms with E-state index in [0.717, 1.165) is 17.4 Å². The zero-order chi connectivity index (χ0) is 12.5. The van der Waals surface area contributed by atoms with Crippen molar-refractivity contribution in [3.8, 4) is 11.4 Å². The van der Waals surface area contributed by atoms with E-state index < -0.39 is 0 Å². The van der Waals surface area contributed by atoms with E-state index in [-0.39, 0.29) is 5.75 Å². The number of para-hydroxylation sites is 1. The summed E-state index contributed by atoms with van der Waals surface area (Å²) in [6, 6.07) is 12.3. The molecule has 0 spiro atoms. The number of phenolic OH excluding ortho intramolecular Hbond substituents is 1. The molecule has 0 bridgehead atoms. The summed E-state index contributed by atoms with van der Waals surface area (Å²) in [6.45, 7) is 0. The number of nitrogens with zero attached hydrogens (tertiary/aromatic N) is 2. The summed E-state index contributed by atoms with van der Waals surface area (Å²) in [5.74, 6) is 0.185. The quantitative estimate of drug-likeness (QED) is 0.698. The number of aromatic nitrogens is 2. The van der Waals surface area contributed by atoms with Gasteiger partial charge in [0.05, 0.1) is 11.9 Å². The molecule has 1 N–H and O–H groups in total. The third-order valence-electron chi connectivity index (χ3n) is 2.84. The summed E-state index contributed by atoms with van der Waals surface area (Å²) in [6.07, 6.45) is 2.49. The summed E-state index contributed by atoms with van der Waals surface area (Å²) in [5, 5.41) is 15.0.